The molecule has 0 unspecified atom stereocenters. The van der Waals surface area contributed by atoms with Gasteiger partial charge in [-0.1, -0.05) is 5.16 Å². The Kier molecular flexibility index (Phi) is 3.98. The van der Waals surface area contributed by atoms with Gasteiger partial charge in [0.25, 0.3) is 5.89 Å². The number of halogens is 1. The fraction of sp³-hybridized carbons (Fsp3) is 0.0625. The molecule has 3 aromatic heterocycles. The molecule has 4 aromatic rings. The number of aromatic nitrogens is 5. The van der Waals surface area contributed by atoms with Gasteiger partial charge in [-0.25, -0.2) is 4.39 Å². The van der Waals surface area contributed by atoms with E-state index in [0.717, 1.165) is 0 Å². The SMILES string of the molecule is Nc1nc(Cc2noc(-c3ccco3)n2)nc(Nc2ccc(F)cc2)n1. The first-order chi connectivity index (χ1) is 12.7. The molecular weight excluding hydrogens is 341 g/mol. The second-order valence-corrected chi connectivity index (χ2v) is 5.24. The van der Waals surface area contributed by atoms with Gasteiger partial charge in [-0.05, 0) is 36.4 Å². The molecular formula is C16H12FN7O2. The van der Waals surface area contributed by atoms with Gasteiger partial charge < -0.3 is 20.0 Å². The summed E-state index contributed by atoms with van der Waals surface area (Å²) in [4.78, 5) is 16.6. The highest BCUT2D eigenvalue weighted by molar-refractivity contribution is 5.53. The van der Waals surface area contributed by atoms with Crippen molar-refractivity contribution in [1.29, 1.82) is 0 Å². The van der Waals surface area contributed by atoms with Crippen LogP contribution in [0.1, 0.15) is 11.6 Å². The first kappa shape index (κ1) is 15.7. The van der Waals surface area contributed by atoms with Crippen LogP contribution in [0, 0.1) is 5.82 Å². The number of anilines is 3. The molecule has 0 fully saturated rings. The summed E-state index contributed by atoms with van der Waals surface area (Å²) < 4.78 is 23.3. The second kappa shape index (κ2) is 6.59. The van der Waals surface area contributed by atoms with E-state index in [1.807, 2.05) is 0 Å². The minimum atomic E-state index is -0.337. The summed E-state index contributed by atoms with van der Waals surface area (Å²) in [5, 5.41) is 6.81. The standard InChI is InChI=1S/C16H12FN7O2/c17-9-3-5-10(6-4-9)19-16-22-12(21-15(18)23-16)8-13-20-14(26-24-13)11-2-1-7-25-11/h1-7H,8H2,(H3,18,19,21,22,23). The van der Waals surface area contributed by atoms with Gasteiger partial charge in [-0.15, -0.1) is 0 Å². The number of furan rings is 1. The van der Waals surface area contributed by atoms with Crippen LogP contribution in [0.3, 0.4) is 0 Å². The predicted molar refractivity (Wildman–Crippen MR) is 88.7 cm³/mol. The smallest absolute Gasteiger partial charge is 0.293 e. The van der Waals surface area contributed by atoms with E-state index in [-0.39, 0.29) is 30.0 Å². The number of hydrogen-bond donors (Lipinski definition) is 2. The fourth-order valence-electron chi connectivity index (χ4n) is 2.20. The van der Waals surface area contributed by atoms with E-state index in [9.17, 15) is 4.39 Å². The van der Waals surface area contributed by atoms with Crippen LogP contribution in [0.4, 0.5) is 22.0 Å². The Morgan fingerprint density at radius 2 is 1.85 bits per heavy atom. The molecule has 0 bridgehead atoms. The van der Waals surface area contributed by atoms with E-state index < -0.39 is 0 Å². The lowest BCUT2D eigenvalue weighted by molar-refractivity contribution is 0.410. The number of nitrogens with one attached hydrogen (secondary N) is 1. The van der Waals surface area contributed by atoms with Crippen molar-refractivity contribution in [2.24, 2.45) is 0 Å². The van der Waals surface area contributed by atoms with E-state index >= 15 is 0 Å². The second-order valence-electron chi connectivity index (χ2n) is 5.24. The maximum absolute atomic E-state index is 13.0. The maximum atomic E-state index is 13.0. The van der Waals surface area contributed by atoms with Crippen LogP contribution in [0.5, 0.6) is 0 Å². The lowest BCUT2D eigenvalue weighted by Crippen LogP contribution is -2.08. The molecule has 9 nitrogen and oxygen atoms in total. The third kappa shape index (κ3) is 3.48. The summed E-state index contributed by atoms with van der Waals surface area (Å²) in [5.41, 5.74) is 6.35. The van der Waals surface area contributed by atoms with Crippen LogP contribution in [0.25, 0.3) is 11.7 Å². The van der Waals surface area contributed by atoms with Gasteiger partial charge in [0.05, 0.1) is 12.7 Å². The highest BCUT2D eigenvalue weighted by Crippen LogP contribution is 2.18. The van der Waals surface area contributed by atoms with Crippen LogP contribution < -0.4 is 11.1 Å². The molecule has 26 heavy (non-hydrogen) atoms. The quantitative estimate of drug-likeness (QED) is 0.556. The molecule has 0 atom stereocenters. The average molecular weight is 353 g/mol. The van der Waals surface area contributed by atoms with E-state index in [0.29, 0.717) is 23.1 Å². The van der Waals surface area contributed by atoms with Gasteiger partial charge in [-0.3, -0.25) is 0 Å². The van der Waals surface area contributed by atoms with Crippen molar-refractivity contribution in [2.45, 2.75) is 6.42 Å². The highest BCUT2D eigenvalue weighted by atomic mass is 19.1. The third-order valence-electron chi connectivity index (χ3n) is 3.32. The van der Waals surface area contributed by atoms with Crippen LogP contribution in [-0.4, -0.2) is 25.1 Å². The lowest BCUT2D eigenvalue weighted by Gasteiger charge is -2.06. The Morgan fingerprint density at radius 1 is 1.00 bits per heavy atom. The van der Waals surface area contributed by atoms with Gasteiger partial charge in [0.1, 0.15) is 11.6 Å². The molecule has 0 aliphatic heterocycles. The first-order valence-corrected chi connectivity index (χ1v) is 7.55. The Balaban J connectivity index is 1.53. The Morgan fingerprint density at radius 3 is 2.62 bits per heavy atom. The summed E-state index contributed by atoms with van der Waals surface area (Å²) in [7, 11) is 0. The molecule has 0 saturated carbocycles. The Hall–Kier alpha value is -3.82. The zero-order valence-corrected chi connectivity index (χ0v) is 13.3. The van der Waals surface area contributed by atoms with Gasteiger partial charge >= 0.3 is 0 Å². The normalized spacial score (nSPS) is 10.8. The third-order valence-corrected chi connectivity index (χ3v) is 3.32. The molecule has 4 rings (SSSR count). The monoisotopic (exact) mass is 353 g/mol. The van der Waals surface area contributed by atoms with Crippen molar-refractivity contribution >= 4 is 17.6 Å². The summed E-state index contributed by atoms with van der Waals surface area (Å²) in [5.74, 6) is 1.39. The molecule has 0 aliphatic rings. The van der Waals surface area contributed by atoms with E-state index in [1.165, 1.54) is 18.4 Å². The molecule has 0 radical (unpaired) electrons. The van der Waals surface area contributed by atoms with Crippen LogP contribution in [0.15, 0.2) is 51.6 Å². The minimum Gasteiger partial charge on any atom is -0.459 e. The number of nitrogens with two attached hydrogens (primary N) is 1. The van der Waals surface area contributed by atoms with Crippen molar-refractivity contribution < 1.29 is 13.3 Å². The van der Waals surface area contributed by atoms with Crippen LogP contribution in [0.2, 0.25) is 0 Å². The number of nitrogen functional groups attached to an aromatic ring is 1. The topological polar surface area (TPSA) is 129 Å². The van der Waals surface area contributed by atoms with Gasteiger partial charge in [0, 0.05) is 5.69 Å². The van der Waals surface area contributed by atoms with Crippen molar-refractivity contribution in [3.05, 3.63) is 60.1 Å². The van der Waals surface area contributed by atoms with Crippen molar-refractivity contribution in [1.82, 2.24) is 25.1 Å². The summed E-state index contributed by atoms with van der Waals surface area (Å²) in [6.45, 7) is 0. The van der Waals surface area contributed by atoms with Gasteiger partial charge in [-0.2, -0.15) is 19.9 Å². The van der Waals surface area contributed by atoms with Gasteiger partial charge in [0.2, 0.25) is 11.9 Å². The maximum Gasteiger partial charge on any atom is 0.293 e. The Bertz CT molecular complexity index is 1020. The van der Waals surface area contributed by atoms with E-state index in [1.54, 1.807) is 24.3 Å². The van der Waals surface area contributed by atoms with Crippen molar-refractivity contribution in [2.75, 3.05) is 11.1 Å². The number of nitrogens with zero attached hydrogens (tertiary/aromatic N) is 5. The fourth-order valence-corrected chi connectivity index (χ4v) is 2.20. The summed E-state index contributed by atoms with van der Waals surface area (Å²) >= 11 is 0. The molecule has 3 N–H and O–H groups in total. The Labute approximate surface area is 146 Å². The molecule has 0 spiro atoms. The van der Waals surface area contributed by atoms with Gasteiger partial charge in [0.15, 0.2) is 11.6 Å². The molecule has 0 aliphatic carbocycles. The minimum absolute atomic E-state index is 0.0364. The highest BCUT2D eigenvalue weighted by Gasteiger charge is 2.14. The van der Waals surface area contributed by atoms with Crippen molar-refractivity contribution in [3.8, 4) is 11.7 Å². The summed E-state index contributed by atoms with van der Waals surface area (Å²) in [6, 6.07) is 9.20. The van der Waals surface area contributed by atoms with Crippen LogP contribution in [-0.2, 0) is 6.42 Å². The number of benzene rings is 1. The van der Waals surface area contributed by atoms with Crippen molar-refractivity contribution in [3.63, 3.8) is 0 Å². The molecule has 0 amide bonds. The largest absolute Gasteiger partial charge is 0.459 e. The molecule has 1 aromatic carbocycles. The summed E-state index contributed by atoms with van der Waals surface area (Å²) in [6.07, 6.45) is 1.70. The van der Waals surface area contributed by atoms with Crippen LogP contribution >= 0.6 is 0 Å². The predicted octanol–water partition coefficient (Wildman–Crippen LogP) is 2.57. The zero-order valence-electron chi connectivity index (χ0n) is 13.3. The van der Waals surface area contributed by atoms with E-state index in [4.69, 9.17) is 14.7 Å². The lowest BCUT2D eigenvalue weighted by atomic mass is 10.3. The molecule has 0 saturated heterocycles. The first-order valence-electron chi connectivity index (χ1n) is 7.55. The number of rotatable bonds is 5. The van der Waals surface area contributed by atoms with E-state index in [2.05, 4.69) is 30.4 Å². The average Bonchev–Trinajstić information content (AvgIpc) is 3.28. The molecule has 10 heteroatoms. The molecule has 3 heterocycles. The molecule has 130 valence electrons. The number of hydrogen-bond acceptors (Lipinski definition) is 9. The zero-order chi connectivity index (χ0) is 17.9.